The molecule has 0 spiro atoms. The Morgan fingerprint density at radius 3 is 2.60 bits per heavy atom. The van der Waals surface area contributed by atoms with Gasteiger partial charge < -0.3 is 10.2 Å². The molecule has 2 aromatic carbocycles. The fourth-order valence-corrected chi connectivity index (χ4v) is 3.60. The molecule has 1 heterocycles. The van der Waals surface area contributed by atoms with Crippen molar-refractivity contribution >= 4 is 34.8 Å². The molecule has 1 fully saturated rings. The van der Waals surface area contributed by atoms with Crippen molar-refractivity contribution in [3.63, 3.8) is 0 Å². The van der Waals surface area contributed by atoms with Crippen LogP contribution >= 0.6 is 23.2 Å². The molecule has 25 heavy (non-hydrogen) atoms. The van der Waals surface area contributed by atoms with Gasteiger partial charge in [0.05, 0.1) is 16.1 Å². The predicted octanol–water partition coefficient (Wildman–Crippen LogP) is 5.23. The molecule has 1 aliphatic heterocycles. The third-order valence-electron chi connectivity index (χ3n) is 4.70. The average Bonchev–Trinajstić information content (AvgIpc) is 2.64. The van der Waals surface area contributed by atoms with Gasteiger partial charge in [0.1, 0.15) is 6.04 Å². The first-order chi connectivity index (χ1) is 12.1. The van der Waals surface area contributed by atoms with Gasteiger partial charge in [-0.15, -0.1) is 0 Å². The molecule has 1 N–H and O–H groups in total. The van der Waals surface area contributed by atoms with Gasteiger partial charge in [0, 0.05) is 12.2 Å². The van der Waals surface area contributed by atoms with Crippen LogP contribution in [0, 0.1) is 0 Å². The molecule has 132 valence electrons. The van der Waals surface area contributed by atoms with Crippen LogP contribution in [-0.2, 0) is 4.79 Å². The standard InChI is InChI=1S/C20H22Cl2N2O/c1-14(15-7-3-2-4-8-15)23-20(25)19-9-5-6-12-24(19)16-10-11-17(21)18(22)13-16/h2-4,7-8,10-11,13-14,19H,5-6,9,12H2,1H3,(H,23,25). The third-order valence-corrected chi connectivity index (χ3v) is 5.44. The number of benzene rings is 2. The van der Waals surface area contributed by atoms with Crippen LogP contribution in [0.1, 0.15) is 37.8 Å². The van der Waals surface area contributed by atoms with Crippen LogP contribution < -0.4 is 10.2 Å². The maximum atomic E-state index is 12.9. The van der Waals surface area contributed by atoms with Crippen LogP contribution in [-0.4, -0.2) is 18.5 Å². The molecule has 0 radical (unpaired) electrons. The van der Waals surface area contributed by atoms with Crippen LogP contribution in [0.25, 0.3) is 0 Å². The largest absolute Gasteiger partial charge is 0.359 e. The van der Waals surface area contributed by atoms with E-state index in [1.807, 2.05) is 49.4 Å². The lowest BCUT2D eigenvalue weighted by Gasteiger charge is -2.37. The van der Waals surface area contributed by atoms with Crippen molar-refractivity contribution in [1.29, 1.82) is 0 Å². The van der Waals surface area contributed by atoms with Crippen molar-refractivity contribution in [3.8, 4) is 0 Å². The van der Waals surface area contributed by atoms with E-state index in [4.69, 9.17) is 23.2 Å². The minimum atomic E-state index is -0.183. The summed E-state index contributed by atoms with van der Waals surface area (Å²) in [5.74, 6) is 0.0575. The number of halogens is 2. The quantitative estimate of drug-likeness (QED) is 0.791. The maximum Gasteiger partial charge on any atom is 0.243 e. The zero-order chi connectivity index (χ0) is 17.8. The Kier molecular flexibility index (Phi) is 5.87. The van der Waals surface area contributed by atoms with Crippen LogP contribution in [0.5, 0.6) is 0 Å². The van der Waals surface area contributed by atoms with Gasteiger partial charge in [-0.25, -0.2) is 0 Å². The number of piperidine rings is 1. The number of rotatable bonds is 4. The Bertz CT molecular complexity index is 736. The number of amides is 1. The summed E-state index contributed by atoms with van der Waals surface area (Å²) in [4.78, 5) is 15.0. The summed E-state index contributed by atoms with van der Waals surface area (Å²) in [6.45, 7) is 2.86. The second-order valence-corrected chi connectivity index (χ2v) is 7.26. The number of hydrogen-bond donors (Lipinski definition) is 1. The van der Waals surface area contributed by atoms with Gasteiger partial charge in [-0.05, 0) is 49.9 Å². The first-order valence-electron chi connectivity index (χ1n) is 8.63. The third kappa shape index (κ3) is 4.28. The van der Waals surface area contributed by atoms with Gasteiger partial charge in [-0.3, -0.25) is 4.79 Å². The zero-order valence-corrected chi connectivity index (χ0v) is 15.7. The molecule has 0 aliphatic carbocycles. The highest BCUT2D eigenvalue weighted by molar-refractivity contribution is 6.42. The summed E-state index contributed by atoms with van der Waals surface area (Å²) in [6, 6.07) is 15.4. The van der Waals surface area contributed by atoms with E-state index in [2.05, 4.69) is 10.2 Å². The van der Waals surface area contributed by atoms with Gasteiger partial charge in [0.2, 0.25) is 5.91 Å². The van der Waals surface area contributed by atoms with Gasteiger partial charge >= 0.3 is 0 Å². The fourth-order valence-electron chi connectivity index (χ4n) is 3.31. The van der Waals surface area contributed by atoms with E-state index in [9.17, 15) is 4.79 Å². The maximum absolute atomic E-state index is 12.9. The van der Waals surface area contributed by atoms with E-state index in [1.165, 1.54) is 0 Å². The second-order valence-electron chi connectivity index (χ2n) is 6.44. The van der Waals surface area contributed by atoms with Crippen molar-refractivity contribution in [2.75, 3.05) is 11.4 Å². The van der Waals surface area contributed by atoms with Crippen molar-refractivity contribution in [1.82, 2.24) is 5.32 Å². The Morgan fingerprint density at radius 1 is 1.12 bits per heavy atom. The normalized spacial score (nSPS) is 18.7. The molecule has 0 aromatic heterocycles. The van der Waals surface area contributed by atoms with E-state index >= 15 is 0 Å². The van der Waals surface area contributed by atoms with E-state index in [1.54, 1.807) is 6.07 Å². The van der Waals surface area contributed by atoms with Gasteiger partial charge in [0.15, 0.2) is 0 Å². The summed E-state index contributed by atoms with van der Waals surface area (Å²) in [6.07, 6.45) is 2.96. The molecule has 3 nitrogen and oxygen atoms in total. The molecular weight excluding hydrogens is 355 g/mol. The molecule has 2 atom stereocenters. The number of hydrogen-bond acceptors (Lipinski definition) is 2. The summed E-state index contributed by atoms with van der Waals surface area (Å²) in [7, 11) is 0. The zero-order valence-electron chi connectivity index (χ0n) is 14.2. The Hall–Kier alpha value is -1.71. The van der Waals surface area contributed by atoms with Crippen LogP contribution in [0.15, 0.2) is 48.5 Å². The summed E-state index contributed by atoms with van der Waals surface area (Å²) >= 11 is 12.2. The first kappa shape index (κ1) is 18.1. The summed E-state index contributed by atoms with van der Waals surface area (Å²) in [5, 5.41) is 4.20. The Morgan fingerprint density at radius 2 is 1.88 bits per heavy atom. The Balaban J connectivity index is 1.76. The van der Waals surface area contributed by atoms with Crippen LogP contribution in [0.4, 0.5) is 5.69 Å². The van der Waals surface area contributed by atoms with E-state index in [0.29, 0.717) is 10.0 Å². The van der Waals surface area contributed by atoms with Crippen LogP contribution in [0.2, 0.25) is 10.0 Å². The van der Waals surface area contributed by atoms with E-state index < -0.39 is 0 Å². The minimum absolute atomic E-state index is 0.0220. The van der Waals surface area contributed by atoms with Crippen molar-refractivity contribution in [2.24, 2.45) is 0 Å². The minimum Gasteiger partial charge on any atom is -0.359 e. The molecule has 1 saturated heterocycles. The topological polar surface area (TPSA) is 32.3 Å². The number of carbonyl (C=O) groups excluding carboxylic acids is 1. The van der Waals surface area contributed by atoms with E-state index in [-0.39, 0.29) is 18.0 Å². The molecular formula is C20H22Cl2N2O. The van der Waals surface area contributed by atoms with Crippen LogP contribution in [0.3, 0.4) is 0 Å². The summed E-state index contributed by atoms with van der Waals surface area (Å²) < 4.78 is 0. The number of anilines is 1. The van der Waals surface area contributed by atoms with Gasteiger partial charge in [0.25, 0.3) is 0 Å². The van der Waals surface area contributed by atoms with Crippen molar-refractivity contribution in [2.45, 2.75) is 38.3 Å². The van der Waals surface area contributed by atoms with Gasteiger partial charge in [-0.1, -0.05) is 53.5 Å². The highest BCUT2D eigenvalue weighted by Crippen LogP contribution is 2.31. The average molecular weight is 377 g/mol. The van der Waals surface area contributed by atoms with Crippen molar-refractivity contribution < 1.29 is 4.79 Å². The lowest BCUT2D eigenvalue weighted by molar-refractivity contribution is -0.123. The number of nitrogens with zero attached hydrogens (tertiary/aromatic N) is 1. The molecule has 5 heteroatoms. The molecule has 3 rings (SSSR count). The molecule has 2 unspecified atom stereocenters. The lowest BCUT2D eigenvalue weighted by atomic mass is 9.99. The van der Waals surface area contributed by atoms with E-state index in [0.717, 1.165) is 37.1 Å². The molecule has 1 aliphatic rings. The molecule has 0 saturated carbocycles. The monoisotopic (exact) mass is 376 g/mol. The highest BCUT2D eigenvalue weighted by Gasteiger charge is 2.30. The van der Waals surface area contributed by atoms with Gasteiger partial charge in [-0.2, -0.15) is 0 Å². The summed E-state index contributed by atoms with van der Waals surface area (Å²) in [5.41, 5.74) is 2.05. The fraction of sp³-hybridized carbons (Fsp3) is 0.350. The lowest BCUT2D eigenvalue weighted by Crippen LogP contribution is -2.50. The number of carbonyl (C=O) groups is 1. The Labute approximate surface area is 158 Å². The van der Waals surface area contributed by atoms with Crippen molar-refractivity contribution in [3.05, 3.63) is 64.1 Å². The molecule has 1 amide bonds. The number of nitrogens with one attached hydrogen (secondary N) is 1. The smallest absolute Gasteiger partial charge is 0.243 e. The first-order valence-corrected chi connectivity index (χ1v) is 9.39. The predicted molar refractivity (Wildman–Crippen MR) is 104 cm³/mol. The molecule has 2 aromatic rings. The SMILES string of the molecule is CC(NC(=O)C1CCCCN1c1ccc(Cl)c(Cl)c1)c1ccccc1. The highest BCUT2D eigenvalue weighted by atomic mass is 35.5. The molecule has 0 bridgehead atoms. The second kappa shape index (κ2) is 8.11.